The molecule has 1 fully saturated rings. The fourth-order valence-corrected chi connectivity index (χ4v) is 2.63. The second kappa shape index (κ2) is 8.09. The number of amides is 1. The second-order valence-electron chi connectivity index (χ2n) is 5.68. The monoisotopic (exact) mass is 348 g/mol. The maximum atomic E-state index is 13.0. The number of halogens is 1. The van der Waals surface area contributed by atoms with Crippen LogP contribution in [0.5, 0.6) is 5.75 Å². The number of ether oxygens (including phenoxy) is 2. The van der Waals surface area contributed by atoms with E-state index in [1.807, 2.05) is 0 Å². The number of nitrogens with one attached hydrogen (secondary N) is 1. The van der Waals surface area contributed by atoms with Crippen LogP contribution in [0.25, 0.3) is 5.69 Å². The van der Waals surface area contributed by atoms with Gasteiger partial charge in [0.05, 0.1) is 32.2 Å². The molecular formula is C17H21FN4O3. The first kappa shape index (κ1) is 17.4. The van der Waals surface area contributed by atoms with Gasteiger partial charge in [-0.3, -0.25) is 9.69 Å². The third kappa shape index (κ3) is 4.34. The van der Waals surface area contributed by atoms with Gasteiger partial charge in [0.25, 0.3) is 5.91 Å². The molecule has 0 aliphatic carbocycles. The first-order valence-electron chi connectivity index (χ1n) is 8.15. The molecular weight excluding hydrogens is 327 g/mol. The Morgan fingerprint density at radius 1 is 1.32 bits per heavy atom. The van der Waals surface area contributed by atoms with Crippen molar-refractivity contribution in [2.45, 2.75) is 0 Å². The van der Waals surface area contributed by atoms with Crippen LogP contribution in [0.2, 0.25) is 0 Å². The van der Waals surface area contributed by atoms with Crippen molar-refractivity contribution in [1.29, 1.82) is 0 Å². The molecule has 1 N–H and O–H groups in total. The number of rotatable bonds is 6. The van der Waals surface area contributed by atoms with Gasteiger partial charge in [-0.05, 0) is 24.3 Å². The fourth-order valence-electron chi connectivity index (χ4n) is 2.63. The second-order valence-corrected chi connectivity index (χ2v) is 5.68. The fraction of sp³-hybridized carbons (Fsp3) is 0.412. The first-order valence-corrected chi connectivity index (χ1v) is 8.15. The van der Waals surface area contributed by atoms with Crippen molar-refractivity contribution in [2.75, 3.05) is 46.5 Å². The molecule has 1 aromatic carbocycles. The Balaban J connectivity index is 1.64. The topological polar surface area (TPSA) is 68.6 Å². The Morgan fingerprint density at radius 3 is 2.72 bits per heavy atom. The molecule has 134 valence electrons. The molecule has 2 aromatic rings. The molecule has 0 bridgehead atoms. The summed E-state index contributed by atoms with van der Waals surface area (Å²) < 4.78 is 25.1. The summed E-state index contributed by atoms with van der Waals surface area (Å²) in [4.78, 5) is 14.6. The molecule has 0 radical (unpaired) electrons. The summed E-state index contributed by atoms with van der Waals surface area (Å²) in [5.41, 5.74) is 0.848. The van der Waals surface area contributed by atoms with E-state index in [4.69, 9.17) is 9.47 Å². The van der Waals surface area contributed by atoms with Crippen LogP contribution in [-0.4, -0.2) is 67.1 Å². The average molecular weight is 348 g/mol. The number of benzene rings is 1. The molecule has 1 aromatic heterocycles. The van der Waals surface area contributed by atoms with E-state index in [0.717, 1.165) is 32.8 Å². The number of morpholine rings is 1. The molecule has 1 amide bonds. The van der Waals surface area contributed by atoms with Crippen molar-refractivity contribution in [3.05, 3.63) is 42.0 Å². The number of aromatic nitrogens is 2. The van der Waals surface area contributed by atoms with E-state index >= 15 is 0 Å². The lowest BCUT2D eigenvalue weighted by Crippen LogP contribution is -2.41. The van der Waals surface area contributed by atoms with E-state index in [-0.39, 0.29) is 17.4 Å². The van der Waals surface area contributed by atoms with Crippen LogP contribution in [0.1, 0.15) is 10.5 Å². The Labute approximate surface area is 145 Å². The minimum absolute atomic E-state index is 0.203. The summed E-state index contributed by atoms with van der Waals surface area (Å²) in [6.07, 6.45) is 1.60. The number of carbonyl (C=O) groups excluding carboxylic acids is 1. The van der Waals surface area contributed by atoms with Gasteiger partial charge in [0.15, 0.2) is 11.4 Å². The van der Waals surface area contributed by atoms with Crippen molar-refractivity contribution in [1.82, 2.24) is 20.0 Å². The van der Waals surface area contributed by atoms with Crippen molar-refractivity contribution < 1.29 is 18.7 Å². The van der Waals surface area contributed by atoms with E-state index in [2.05, 4.69) is 15.3 Å². The lowest BCUT2D eigenvalue weighted by molar-refractivity contribution is 0.0383. The molecule has 0 saturated carbocycles. The van der Waals surface area contributed by atoms with Gasteiger partial charge in [0, 0.05) is 26.2 Å². The van der Waals surface area contributed by atoms with Crippen molar-refractivity contribution in [3.63, 3.8) is 0 Å². The third-order valence-corrected chi connectivity index (χ3v) is 4.02. The highest BCUT2D eigenvalue weighted by molar-refractivity contribution is 5.94. The zero-order valence-electron chi connectivity index (χ0n) is 14.1. The van der Waals surface area contributed by atoms with Crippen LogP contribution in [-0.2, 0) is 4.74 Å². The summed E-state index contributed by atoms with van der Waals surface area (Å²) in [6, 6.07) is 5.85. The Morgan fingerprint density at radius 2 is 2.04 bits per heavy atom. The summed E-state index contributed by atoms with van der Waals surface area (Å²) >= 11 is 0. The minimum atomic E-state index is -0.330. The predicted octanol–water partition coefficient (Wildman–Crippen LogP) is 1.08. The van der Waals surface area contributed by atoms with Crippen LogP contribution >= 0.6 is 0 Å². The van der Waals surface area contributed by atoms with Gasteiger partial charge >= 0.3 is 0 Å². The Hall–Kier alpha value is -2.45. The molecule has 1 aliphatic rings. The predicted molar refractivity (Wildman–Crippen MR) is 89.7 cm³/mol. The molecule has 8 heteroatoms. The normalized spacial score (nSPS) is 15.1. The summed E-state index contributed by atoms with van der Waals surface area (Å²) in [5, 5.41) is 7.13. The summed E-state index contributed by atoms with van der Waals surface area (Å²) in [7, 11) is 1.48. The number of hydrogen-bond acceptors (Lipinski definition) is 5. The maximum absolute atomic E-state index is 13.0. The van der Waals surface area contributed by atoms with Crippen LogP contribution in [0.3, 0.4) is 0 Å². The molecule has 0 atom stereocenters. The van der Waals surface area contributed by atoms with Crippen LogP contribution in [0, 0.1) is 5.82 Å². The molecule has 0 spiro atoms. The lowest BCUT2D eigenvalue weighted by atomic mass is 10.3. The maximum Gasteiger partial charge on any atom is 0.275 e. The quantitative estimate of drug-likeness (QED) is 0.846. The molecule has 2 heterocycles. The van der Waals surface area contributed by atoms with Crippen LogP contribution < -0.4 is 10.1 Å². The van der Waals surface area contributed by atoms with Gasteiger partial charge < -0.3 is 14.8 Å². The zero-order chi connectivity index (χ0) is 17.6. The van der Waals surface area contributed by atoms with Crippen molar-refractivity contribution in [3.8, 4) is 11.4 Å². The third-order valence-electron chi connectivity index (χ3n) is 4.02. The van der Waals surface area contributed by atoms with Crippen molar-refractivity contribution in [2.24, 2.45) is 0 Å². The first-order chi connectivity index (χ1) is 12.2. The Kier molecular flexibility index (Phi) is 5.62. The molecule has 0 unspecified atom stereocenters. The number of hydrogen-bond donors (Lipinski definition) is 1. The van der Waals surface area contributed by atoms with Crippen LogP contribution in [0.4, 0.5) is 4.39 Å². The highest BCUT2D eigenvalue weighted by Gasteiger charge is 2.18. The highest BCUT2D eigenvalue weighted by Crippen LogP contribution is 2.19. The standard InChI is InChI=1S/C17H21FN4O3/c1-24-15-12-22(14-4-2-13(18)3-5-14)20-16(15)17(23)19-6-7-21-8-10-25-11-9-21/h2-5,12H,6-11H2,1H3,(H,19,23). The van der Waals surface area contributed by atoms with Gasteiger partial charge in [-0.2, -0.15) is 5.10 Å². The highest BCUT2D eigenvalue weighted by atomic mass is 19.1. The molecule has 7 nitrogen and oxygen atoms in total. The largest absolute Gasteiger partial charge is 0.493 e. The van der Waals surface area contributed by atoms with Crippen molar-refractivity contribution >= 4 is 5.91 Å². The minimum Gasteiger partial charge on any atom is -0.493 e. The average Bonchev–Trinajstić information content (AvgIpc) is 3.07. The van der Waals surface area contributed by atoms with E-state index in [0.29, 0.717) is 18.0 Å². The SMILES string of the molecule is COc1cn(-c2ccc(F)cc2)nc1C(=O)NCCN1CCOCC1. The Bertz CT molecular complexity index is 711. The lowest BCUT2D eigenvalue weighted by Gasteiger charge is -2.26. The summed E-state index contributed by atoms with van der Waals surface area (Å²) in [6.45, 7) is 4.48. The van der Waals surface area contributed by atoms with Gasteiger partial charge in [0.1, 0.15) is 5.82 Å². The molecule has 3 rings (SSSR count). The molecule has 25 heavy (non-hydrogen) atoms. The van der Waals surface area contributed by atoms with E-state index in [1.165, 1.54) is 23.9 Å². The van der Waals surface area contributed by atoms with Gasteiger partial charge in [-0.25, -0.2) is 9.07 Å². The van der Waals surface area contributed by atoms with Gasteiger partial charge in [-0.15, -0.1) is 0 Å². The zero-order valence-corrected chi connectivity index (χ0v) is 14.1. The number of nitrogens with zero attached hydrogens (tertiary/aromatic N) is 3. The van der Waals surface area contributed by atoms with E-state index < -0.39 is 0 Å². The van der Waals surface area contributed by atoms with Crippen LogP contribution in [0.15, 0.2) is 30.5 Å². The van der Waals surface area contributed by atoms with Gasteiger partial charge in [0.2, 0.25) is 0 Å². The molecule has 1 aliphatic heterocycles. The number of methoxy groups -OCH3 is 1. The molecule has 1 saturated heterocycles. The van der Waals surface area contributed by atoms with Gasteiger partial charge in [-0.1, -0.05) is 0 Å². The van der Waals surface area contributed by atoms with E-state index in [1.54, 1.807) is 18.3 Å². The smallest absolute Gasteiger partial charge is 0.275 e. The number of carbonyl (C=O) groups is 1. The van der Waals surface area contributed by atoms with E-state index in [9.17, 15) is 9.18 Å². The summed E-state index contributed by atoms with van der Waals surface area (Å²) in [5.74, 6) is -0.261.